The molecule has 1 aromatic carbocycles. The molecule has 2 atom stereocenters. The molecule has 1 aromatic rings. The van der Waals surface area contributed by atoms with Gasteiger partial charge in [0.2, 0.25) is 0 Å². The quantitative estimate of drug-likeness (QED) is 0.627. The summed E-state index contributed by atoms with van der Waals surface area (Å²) in [5, 5.41) is 3.59. The van der Waals surface area contributed by atoms with Crippen LogP contribution in [0.15, 0.2) is 28.7 Å². The van der Waals surface area contributed by atoms with Gasteiger partial charge in [-0.25, -0.2) is 0 Å². The van der Waals surface area contributed by atoms with Crippen molar-refractivity contribution in [1.82, 2.24) is 5.32 Å². The topological polar surface area (TPSA) is 12.0 Å². The van der Waals surface area contributed by atoms with Crippen LogP contribution in [0.4, 0.5) is 0 Å². The molecule has 0 saturated heterocycles. The van der Waals surface area contributed by atoms with Gasteiger partial charge in [0, 0.05) is 4.47 Å². The van der Waals surface area contributed by atoms with Crippen LogP contribution in [-0.4, -0.2) is 13.1 Å². The van der Waals surface area contributed by atoms with Crippen molar-refractivity contribution in [1.29, 1.82) is 0 Å². The van der Waals surface area contributed by atoms with Gasteiger partial charge in [-0.2, -0.15) is 0 Å². The summed E-state index contributed by atoms with van der Waals surface area (Å²) >= 11 is 3.50. The van der Waals surface area contributed by atoms with Crippen molar-refractivity contribution < 1.29 is 0 Å². The van der Waals surface area contributed by atoms with Crippen LogP contribution in [0, 0.1) is 11.8 Å². The van der Waals surface area contributed by atoms with E-state index in [1.807, 2.05) is 0 Å². The van der Waals surface area contributed by atoms with Crippen LogP contribution < -0.4 is 5.32 Å². The van der Waals surface area contributed by atoms with Gasteiger partial charge in [0.1, 0.15) is 0 Å². The minimum Gasteiger partial charge on any atom is -0.316 e. The maximum atomic E-state index is 3.59. The van der Waals surface area contributed by atoms with Crippen molar-refractivity contribution >= 4 is 15.9 Å². The third kappa shape index (κ3) is 7.12. The molecule has 0 spiro atoms. The molecule has 0 amide bonds. The van der Waals surface area contributed by atoms with Gasteiger partial charge < -0.3 is 5.32 Å². The Balaban J connectivity index is 2.53. The number of rotatable bonds is 9. The summed E-state index contributed by atoms with van der Waals surface area (Å²) in [7, 11) is 0. The van der Waals surface area contributed by atoms with Crippen LogP contribution in [0.3, 0.4) is 0 Å². The Kier molecular flexibility index (Phi) is 8.40. The molecule has 1 N–H and O–H groups in total. The SMILES string of the molecule is CCCNCC(Cc1ccc(Br)cc1)CC(C)CC. The number of nitrogens with one attached hydrogen (secondary N) is 1. The molecule has 2 unspecified atom stereocenters. The van der Waals surface area contributed by atoms with Crippen molar-refractivity contribution in [3.63, 3.8) is 0 Å². The lowest BCUT2D eigenvalue weighted by Gasteiger charge is -2.21. The molecule has 108 valence electrons. The highest BCUT2D eigenvalue weighted by molar-refractivity contribution is 9.10. The van der Waals surface area contributed by atoms with Crippen LogP contribution in [0.5, 0.6) is 0 Å². The van der Waals surface area contributed by atoms with Crippen LogP contribution in [0.2, 0.25) is 0 Å². The van der Waals surface area contributed by atoms with E-state index in [-0.39, 0.29) is 0 Å². The second-order valence-corrected chi connectivity index (χ2v) is 6.57. The van der Waals surface area contributed by atoms with Crippen molar-refractivity contribution in [3.05, 3.63) is 34.3 Å². The molecule has 1 rings (SSSR count). The van der Waals surface area contributed by atoms with Gasteiger partial charge >= 0.3 is 0 Å². The number of halogens is 1. The highest BCUT2D eigenvalue weighted by atomic mass is 79.9. The molecular formula is C17H28BrN. The molecular weight excluding hydrogens is 298 g/mol. The van der Waals surface area contributed by atoms with E-state index in [4.69, 9.17) is 0 Å². The molecule has 0 fully saturated rings. The van der Waals surface area contributed by atoms with Gasteiger partial charge in [0.25, 0.3) is 0 Å². The van der Waals surface area contributed by atoms with Gasteiger partial charge in [-0.3, -0.25) is 0 Å². The maximum absolute atomic E-state index is 3.59. The van der Waals surface area contributed by atoms with Gasteiger partial charge in [-0.05, 0) is 61.9 Å². The third-order valence-electron chi connectivity index (χ3n) is 3.73. The molecule has 0 radical (unpaired) electrons. The average Bonchev–Trinajstić information content (AvgIpc) is 2.41. The van der Waals surface area contributed by atoms with E-state index in [9.17, 15) is 0 Å². The summed E-state index contributed by atoms with van der Waals surface area (Å²) in [5.74, 6) is 1.58. The Morgan fingerprint density at radius 1 is 1.16 bits per heavy atom. The minimum atomic E-state index is 0.752. The van der Waals surface area contributed by atoms with E-state index in [1.165, 1.54) is 35.7 Å². The minimum absolute atomic E-state index is 0.752. The predicted molar refractivity (Wildman–Crippen MR) is 88.6 cm³/mol. The largest absolute Gasteiger partial charge is 0.316 e. The first-order valence-electron chi connectivity index (χ1n) is 7.60. The molecule has 1 nitrogen and oxygen atoms in total. The zero-order chi connectivity index (χ0) is 14.1. The average molecular weight is 326 g/mol. The normalized spacial score (nSPS) is 14.3. The van der Waals surface area contributed by atoms with E-state index in [0.717, 1.165) is 24.9 Å². The van der Waals surface area contributed by atoms with E-state index >= 15 is 0 Å². The van der Waals surface area contributed by atoms with Crippen LogP contribution in [0.1, 0.15) is 45.6 Å². The van der Waals surface area contributed by atoms with Gasteiger partial charge in [-0.1, -0.05) is 55.3 Å². The summed E-state index contributed by atoms with van der Waals surface area (Å²) in [6, 6.07) is 8.78. The van der Waals surface area contributed by atoms with Crippen molar-refractivity contribution in [2.75, 3.05) is 13.1 Å². The zero-order valence-corrected chi connectivity index (χ0v) is 14.2. The first-order chi connectivity index (χ1) is 9.15. The number of hydrogen-bond donors (Lipinski definition) is 1. The Morgan fingerprint density at radius 3 is 2.42 bits per heavy atom. The summed E-state index contributed by atoms with van der Waals surface area (Å²) < 4.78 is 1.17. The molecule has 0 aliphatic heterocycles. The monoisotopic (exact) mass is 325 g/mol. The first kappa shape index (κ1) is 16.7. The lowest BCUT2D eigenvalue weighted by Crippen LogP contribution is -2.26. The van der Waals surface area contributed by atoms with Crippen molar-refractivity contribution in [3.8, 4) is 0 Å². The van der Waals surface area contributed by atoms with Gasteiger partial charge in [-0.15, -0.1) is 0 Å². The molecule has 19 heavy (non-hydrogen) atoms. The van der Waals surface area contributed by atoms with E-state index < -0.39 is 0 Å². The van der Waals surface area contributed by atoms with E-state index in [0.29, 0.717) is 0 Å². The lowest BCUT2D eigenvalue weighted by atomic mass is 9.89. The fourth-order valence-corrected chi connectivity index (χ4v) is 2.68. The van der Waals surface area contributed by atoms with Crippen molar-refractivity contribution in [2.45, 2.75) is 46.5 Å². The lowest BCUT2D eigenvalue weighted by molar-refractivity contribution is 0.363. The van der Waals surface area contributed by atoms with Crippen LogP contribution >= 0.6 is 15.9 Å². The fourth-order valence-electron chi connectivity index (χ4n) is 2.41. The predicted octanol–water partition coefficient (Wildman–Crippen LogP) is 5.04. The zero-order valence-electron chi connectivity index (χ0n) is 12.6. The standard InChI is InChI=1S/C17H28BrN/c1-4-10-19-13-16(11-14(3)5-2)12-15-6-8-17(18)9-7-15/h6-9,14,16,19H,4-5,10-13H2,1-3H3. The molecule has 0 aliphatic rings. The van der Waals surface area contributed by atoms with Crippen molar-refractivity contribution in [2.24, 2.45) is 11.8 Å². The Labute approximate surface area is 127 Å². The Bertz CT molecular complexity index is 334. The fraction of sp³-hybridized carbons (Fsp3) is 0.647. The van der Waals surface area contributed by atoms with E-state index in [1.54, 1.807) is 0 Å². The summed E-state index contributed by atoms with van der Waals surface area (Å²) in [4.78, 5) is 0. The van der Waals surface area contributed by atoms with Crippen LogP contribution in [-0.2, 0) is 6.42 Å². The summed E-state index contributed by atoms with van der Waals surface area (Å²) in [5.41, 5.74) is 1.45. The highest BCUT2D eigenvalue weighted by Crippen LogP contribution is 2.20. The third-order valence-corrected chi connectivity index (χ3v) is 4.26. The Morgan fingerprint density at radius 2 is 1.84 bits per heavy atom. The first-order valence-corrected chi connectivity index (χ1v) is 8.40. The Hall–Kier alpha value is -0.340. The molecule has 0 aliphatic carbocycles. The summed E-state index contributed by atoms with van der Waals surface area (Å²) in [6.07, 6.45) is 5.01. The second kappa shape index (κ2) is 9.55. The maximum Gasteiger partial charge on any atom is 0.0175 e. The second-order valence-electron chi connectivity index (χ2n) is 5.65. The smallest absolute Gasteiger partial charge is 0.0175 e. The van der Waals surface area contributed by atoms with Gasteiger partial charge in [0.05, 0.1) is 0 Å². The summed E-state index contributed by atoms with van der Waals surface area (Å²) in [6.45, 7) is 9.17. The number of hydrogen-bond acceptors (Lipinski definition) is 1. The molecule has 0 heterocycles. The molecule has 0 bridgehead atoms. The number of benzene rings is 1. The molecule has 0 saturated carbocycles. The molecule has 0 aromatic heterocycles. The highest BCUT2D eigenvalue weighted by Gasteiger charge is 2.13. The van der Waals surface area contributed by atoms with E-state index in [2.05, 4.69) is 66.3 Å². The van der Waals surface area contributed by atoms with Gasteiger partial charge in [0.15, 0.2) is 0 Å². The van der Waals surface area contributed by atoms with Crippen LogP contribution in [0.25, 0.3) is 0 Å². The molecule has 2 heteroatoms.